The van der Waals surface area contributed by atoms with Gasteiger partial charge in [0.25, 0.3) is 0 Å². The van der Waals surface area contributed by atoms with E-state index in [4.69, 9.17) is 17.5 Å². The van der Waals surface area contributed by atoms with Gasteiger partial charge in [-0.15, -0.1) is 0 Å². The first kappa shape index (κ1) is 24.5. The summed E-state index contributed by atoms with van der Waals surface area (Å²) < 4.78 is 31.6. The first-order valence-electron chi connectivity index (χ1n) is 8.57. The standard InChI is InChI=1S/C8H16N2.C8H18.H2O4S/c1-3-4-5-10-7-6-9(2)8-10;1-3-5-7-8-6-4-2;1-5(2,3)4/h6-7H,3-5,8H2,1-2H3;3-8H2,1-2H3;(H2,1,2,3,4). The smallest absolute Gasteiger partial charge is 0.362 e. The zero-order chi connectivity index (χ0) is 18.1. The topological polar surface area (TPSA) is 81.1 Å². The summed E-state index contributed by atoms with van der Waals surface area (Å²) in [5.41, 5.74) is 0. The first-order valence-corrected chi connectivity index (χ1v) is 9.96. The van der Waals surface area contributed by atoms with Crippen molar-refractivity contribution in [1.82, 2.24) is 9.80 Å². The zero-order valence-corrected chi connectivity index (χ0v) is 16.1. The first-order chi connectivity index (χ1) is 10.7. The molecule has 0 saturated carbocycles. The average molecular weight is 353 g/mol. The van der Waals surface area contributed by atoms with Crippen molar-refractivity contribution in [2.75, 3.05) is 20.3 Å². The van der Waals surface area contributed by atoms with Gasteiger partial charge in [-0.3, -0.25) is 9.11 Å². The lowest BCUT2D eigenvalue weighted by Crippen LogP contribution is -2.23. The summed E-state index contributed by atoms with van der Waals surface area (Å²) in [4.78, 5) is 4.53. The second-order valence-corrected chi connectivity index (χ2v) is 6.62. The van der Waals surface area contributed by atoms with Gasteiger partial charge >= 0.3 is 10.4 Å². The molecule has 2 N–H and O–H groups in total. The third-order valence-electron chi connectivity index (χ3n) is 3.19. The molecule has 6 nitrogen and oxygen atoms in total. The Bertz CT molecular complexity index is 358. The molecule has 0 fully saturated rings. The van der Waals surface area contributed by atoms with E-state index < -0.39 is 10.4 Å². The molecule has 0 atom stereocenters. The molecule has 1 aliphatic rings. The van der Waals surface area contributed by atoms with Crippen molar-refractivity contribution >= 4 is 10.4 Å². The molecule has 0 radical (unpaired) electrons. The zero-order valence-electron chi connectivity index (χ0n) is 15.2. The average Bonchev–Trinajstić information content (AvgIpc) is 2.86. The highest BCUT2D eigenvalue weighted by atomic mass is 32.3. The van der Waals surface area contributed by atoms with Gasteiger partial charge in [-0.2, -0.15) is 8.42 Å². The van der Waals surface area contributed by atoms with Crippen LogP contribution in [0.25, 0.3) is 0 Å². The van der Waals surface area contributed by atoms with Gasteiger partial charge in [0.15, 0.2) is 0 Å². The number of hydrogen-bond acceptors (Lipinski definition) is 4. The van der Waals surface area contributed by atoms with Crippen LogP contribution in [0.4, 0.5) is 0 Å². The maximum Gasteiger partial charge on any atom is 0.394 e. The Morgan fingerprint density at radius 1 is 0.870 bits per heavy atom. The van der Waals surface area contributed by atoms with Gasteiger partial charge in [-0.1, -0.05) is 65.7 Å². The Morgan fingerprint density at radius 3 is 1.61 bits per heavy atom. The van der Waals surface area contributed by atoms with E-state index in [2.05, 4.69) is 50.0 Å². The predicted octanol–water partition coefficient (Wildman–Crippen LogP) is 4.18. The summed E-state index contributed by atoms with van der Waals surface area (Å²) in [6.45, 7) is 9.01. The largest absolute Gasteiger partial charge is 0.394 e. The summed E-state index contributed by atoms with van der Waals surface area (Å²) >= 11 is 0. The highest BCUT2D eigenvalue weighted by Gasteiger charge is 2.05. The molecular weight excluding hydrogens is 316 g/mol. The van der Waals surface area contributed by atoms with E-state index in [1.807, 2.05) is 0 Å². The van der Waals surface area contributed by atoms with E-state index in [0.717, 1.165) is 6.67 Å². The van der Waals surface area contributed by atoms with E-state index in [-0.39, 0.29) is 0 Å². The van der Waals surface area contributed by atoms with Gasteiger partial charge in [-0.25, -0.2) is 0 Å². The predicted molar refractivity (Wildman–Crippen MR) is 96.6 cm³/mol. The molecule has 0 aromatic rings. The van der Waals surface area contributed by atoms with Crippen molar-refractivity contribution in [2.45, 2.75) is 72.1 Å². The summed E-state index contributed by atoms with van der Waals surface area (Å²) in [5.74, 6) is 0. The van der Waals surface area contributed by atoms with Crippen LogP contribution < -0.4 is 0 Å². The van der Waals surface area contributed by atoms with Crippen LogP contribution in [-0.4, -0.2) is 47.6 Å². The molecule has 0 amide bonds. The molecule has 1 heterocycles. The molecule has 0 aliphatic carbocycles. The maximum absolute atomic E-state index is 8.74. The van der Waals surface area contributed by atoms with Crippen molar-refractivity contribution in [3.63, 3.8) is 0 Å². The molecular formula is C16H36N2O4S. The monoisotopic (exact) mass is 352 g/mol. The number of nitrogens with zero attached hydrogens (tertiary/aromatic N) is 2. The van der Waals surface area contributed by atoms with Crippen molar-refractivity contribution in [3.05, 3.63) is 12.4 Å². The Labute approximate surface area is 143 Å². The number of unbranched alkanes of at least 4 members (excludes halogenated alkanes) is 6. The summed E-state index contributed by atoms with van der Waals surface area (Å²) in [6, 6.07) is 0. The molecule has 0 saturated heterocycles. The van der Waals surface area contributed by atoms with E-state index >= 15 is 0 Å². The van der Waals surface area contributed by atoms with Crippen LogP contribution in [0.5, 0.6) is 0 Å². The Kier molecular flexibility index (Phi) is 17.1. The van der Waals surface area contributed by atoms with Gasteiger partial charge in [0.1, 0.15) is 0 Å². The normalized spacial score (nSPS) is 13.3. The minimum Gasteiger partial charge on any atom is -0.362 e. The van der Waals surface area contributed by atoms with E-state index in [0.29, 0.717) is 0 Å². The van der Waals surface area contributed by atoms with Crippen LogP contribution in [0.15, 0.2) is 12.4 Å². The SMILES string of the molecule is CCCCCCCC.CCCCN1C=CN(C)C1.O=S(=O)(O)O. The lowest BCUT2D eigenvalue weighted by molar-refractivity contribution is 0.293. The van der Waals surface area contributed by atoms with E-state index in [1.165, 1.54) is 57.9 Å². The second kappa shape index (κ2) is 16.1. The van der Waals surface area contributed by atoms with Crippen molar-refractivity contribution in [1.29, 1.82) is 0 Å². The Morgan fingerprint density at radius 2 is 1.30 bits per heavy atom. The van der Waals surface area contributed by atoms with Crippen molar-refractivity contribution in [3.8, 4) is 0 Å². The van der Waals surface area contributed by atoms with Gasteiger partial charge in [-0.05, 0) is 6.42 Å². The van der Waals surface area contributed by atoms with E-state index in [9.17, 15) is 0 Å². The van der Waals surface area contributed by atoms with Gasteiger partial charge < -0.3 is 9.80 Å². The third kappa shape index (κ3) is 26.4. The molecule has 0 aromatic heterocycles. The van der Waals surface area contributed by atoms with Crippen LogP contribution in [0.2, 0.25) is 0 Å². The Balaban J connectivity index is 0. The van der Waals surface area contributed by atoms with Crippen LogP contribution in [-0.2, 0) is 10.4 Å². The van der Waals surface area contributed by atoms with Crippen LogP contribution in [0, 0.1) is 0 Å². The van der Waals surface area contributed by atoms with Crippen LogP contribution in [0.1, 0.15) is 72.1 Å². The summed E-state index contributed by atoms with van der Waals surface area (Å²) in [7, 11) is -2.57. The molecule has 1 rings (SSSR count). The van der Waals surface area contributed by atoms with Gasteiger partial charge in [0.2, 0.25) is 0 Å². The molecule has 23 heavy (non-hydrogen) atoms. The summed E-state index contributed by atoms with van der Waals surface area (Å²) in [6.07, 6.45) is 15.4. The fraction of sp³-hybridized carbons (Fsp3) is 0.875. The molecule has 0 unspecified atom stereocenters. The second-order valence-electron chi connectivity index (χ2n) is 5.72. The molecule has 140 valence electrons. The fourth-order valence-electron chi connectivity index (χ4n) is 1.95. The fourth-order valence-corrected chi connectivity index (χ4v) is 1.95. The molecule has 1 aliphatic heterocycles. The van der Waals surface area contributed by atoms with Crippen LogP contribution in [0.3, 0.4) is 0 Å². The Hall–Kier alpha value is -0.790. The number of rotatable bonds is 8. The lowest BCUT2D eigenvalue weighted by Gasteiger charge is -2.17. The van der Waals surface area contributed by atoms with E-state index in [1.54, 1.807) is 0 Å². The summed E-state index contributed by atoms with van der Waals surface area (Å²) in [5, 5.41) is 0. The maximum atomic E-state index is 8.74. The molecule has 0 spiro atoms. The molecule has 0 bridgehead atoms. The van der Waals surface area contributed by atoms with Gasteiger partial charge in [0.05, 0.1) is 6.67 Å². The lowest BCUT2D eigenvalue weighted by atomic mass is 10.1. The van der Waals surface area contributed by atoms with Crippen LogP contribution >= 0.6 is 0 Å². The highest BCUT2D eigenvalue weighted by molar-refractivity contribution is 7.79. The van der Waals surface area contributed by atoms with Crippen molar-refractivity contribution in [2.24, 2.45) is 0 Å². The quantitative estimate of drug-likeness (QED) is 0.504. The third-order valence-corrected chi connectivity index (χ3v) is 3.19. The molecule has 0 aromatic carbocycles. The van der Waals surface area contributed by atoms with Crippen molar-refractivity contribution < 1.29 is 17.5 Å². The highest BCUT2D eigenvalue weighted by Crippen LogP contribution is 2.04. The minimum absolute atomic E-state index is 1.07. The number of hydrogen-bond donors (Lipinski definition) is 2. The minimum atomic E-state index is -4.67. The van der Waals surface area contributed by atoms with Gasteiger partial charge in [0, 0.05) is 26.0 Å². The molecule has 7 heteroatoms.